The molecule has 0 aromatic carbocycles. The Balaban J connectivity index is 5.25. The van der Waals surface area contributed by atoms with Gasteiger partial charge in [-0.3, -0.25) is 37.3 Å². The Morgan fingerprint density at radius 2 is 0.593 bits per heavy atom. The van der Waals surface area contributed by atoms with Crippen LogP contribution in [0.4, 0.5) is 0 Å². The molecule has 0 aliphatic heterocycles. The quantitative estimate of drug-likeness (QED) is 0.0222. The molecule has 0 aliphatic carbocycles. The summed E-state index contributed by atoms with van der Waals surface area (Å²) < 4.78 is 67.8. The Kier molecular flexibility index (Phi) is 51.1. The molecule has 0 rings (SSSR count). The van der Waals surface area contributed by atoms with Crippen LogP contribution in [-0.2, 0) is 65.4 Å². The van der Waals surface area contributed by atoms with Gasteiger partial charge in [0.1, 0.15) is 19.3 Å². The number of carbonyl (C=O) groups is 4. The molecule has 0 radical (unpaired) electrons. The van der Waals surface area contributed by atoms with Gasteiger partial charge >= 0.3 is 39.5 Å². The Bertz CT molecular complexity index is 1630. The maximum atomic E-state index is 12.9. The van der Waals surface area contributed by atoms with Crippen LogP contribution in [0, 0.1) is 23.7 Å². The maximum Gasteiger partial charge on any atom is 0.472 e. The summed E-state index contributed by atoms with van der Waals surface area (Å²) in [5.41, 5.74) is 0. The van der Waals surface area contributed by atoms with E-state index in [2.05, 4.69) is 55.4 Å². The lowest BCUT2D eigenvalue weighted by atomic mass is 10.00. The number of ether oxygens (including phenoxy) is 4. The number of aliphatic hydroxyl groups is 1. The molecule has 81 heavy (non-hydrogen) atoms. The van der Waals surface area contributed by atoms with E-state index in [0.717, 1.165) is 108 Å². The molecule has 6 atom stereocenters. The summed E-state index contributed by atoms with van der Waals surface area (Å²) in [5.74, 6) is 0.694. The van der Waals surface area contributed by atoms with Gasteiger partial charge in [-0.05, 0) is 49.4 Å². The van der Waals surface area contributed by atoms with Crippen LogP contribution in [0.15, 0.2) is 0 Å². The number of unbranched alkanes of at least 4 members (excludes halogenated alkanes) is 24. The first kappa shape index (κ1) is 79.1. The number of esters is 4. The molecule has 0 aromatic heterocycles. The van der Waals surface area contributed by atoms with Gasteiger partial charge in [-0.1, -0.05) is 242 Å². The number of rotatable bonds is 59. The minimum absolute atomic E-state index is 0.101. The van der Waals surface area contributed by atoms with Crippen LogP contribution in [0.5, 0.6) is 0 Å². The smallest absolute Gasteiger partial charge is 0.462 e. The molecule has 0 aliphatic rings. The highest BCUT2D eigenvalue weighted by Gasteiger charge is 2.30. The van der Waals surface area contributed by atoms with Crippen LogP contribution in [0.25, 0.3) is 0 Å². The normalized spacial score (nSPS) is 14.8. The second-order valence-corrected chi connectivity index (χ2v) is 27.0. The maximum absolute atomic E-state index is 12.9. The number of hydrogen-bond donors (Lipinski definition) is 3. The largest absolute Gasteiger partial charge is 0.472 e. The third kappa shape index (κ3) is 55.7. The first-order valence-corrected chi connectivity index (χ1v) is 35.2. The van der Waals surface area contributed by atoms with Crippen molar-refractivity contribution in [1.82, 2.24) is 0 Å². The zero-order valence-corrected chi connectivity index (χ0v) is 54.2. The fraction of sp³-hybridized carbons (Fsp3) is 0.935. The highest BCUT2D eigenvalue weighted by molar-refractivity contribution is 7.47. The van der Waals surface area contributed by atoms with E-state index in [9.17, 15) is 43.2 Å². The van der Waals surface area contributed by atoms with Crippen molar-refractivity contribution < 1.29 is 80.2 Å². The molecule has 0 amide bonds. The van der Waals surface area contributed by atoms with Crippen molar-refractivity contribution in [3.05, 3.63) is 0 Å². The van der Waals surface area contributed by atoms with Gasteiger partial charge in [0, 0.05) is 25.7 Å². The lowest BCUT2D eigenvalue weighted by Crippen LogP contribution is -2.30. The SMILES string of the molecule is CCC(C)CCCCCCCCC(=O)O[C@H](COC(=O)CCCCCCCCCCC(C)C)COP(=O)(O)OCC(O)COP(=O)(O)OC[C@@H](COC(=O)CCCCCCCCCCC(C)C)OC(=O)CCCCCCCCC(C)C. The first-order valence-electron chi connectivity index (χ1n) is 32.2. The summed E-state index contributed by atoms with van der Waals surface area (Å²) in [4.78, 5) is 72.1. The van der Waals surface area contributed by atoms with Gasteiger partial charge in [-0.25, -0.2) is 9.13 Å². The zero-order chi connectivity index (χ0) is 60.4. The fourth-order valence-corrected chi connectivity index (χ4v) is 10.6. The van der Waals surface area contributed by atoms with Gasteiger partial charge in [0.05, 0.1) is 26.4 Å². The molecule has 0 saturated heterocycles. The molecular formula is C62H120O17P2. The highest BCUT2D eigenvalue weighted by atomic mass is 31.2. The third-order valence-electron chi connectivity index (χ3n) is 14.4. The summed E-state index contributed by atoms with van der Waals surface area (Å²) in [6.07, 6.45) is 31.0. The summed E-state index contributed by atoms with van der Waals surface area (Å²) in [7, 11) is -9.88. The molecule has 0 fully saturated rings. The molecule has 0 aromatic rings. The van der Waals surface area contributed by atoms with E-state index >= 15 is 0 Å². The molecule has 0 spiro atoms. The van der Waals surface area contributed by atoms with E-state index in [1.54, 1.807) is 0 Å². The molecule has 4 unspecified atom stereocenters. The fourth-order valence-electron chi connectivity index (χ4n) is 9.04. The Hall–Kier alpha value is -1.94. The topological polar surface area (TPSA) is 237 Å². The van der Waals surface area contributed by atoms with Gasteiger partial charge in [0.15, 0.2) is 12.2 Å². The highest BCUT2D eigenvalue weighted by Crippen LogP contribution is 2.45. The summed E-state index contributed by atoms with van der Waals surface area (Å²) in [6.45, 7) is 13.9. The predicted octanol–water partition coefficient (Wildman–Crippen LogP) is 16.6. The standard InChI is InChI=1S/C62H120O17P2/c1-9-55(8)41-33-25-19-21-29-37-45-62(67)79-58(49-73-60(65)43-35-27-17-13-11-15-23-31-39-53(4)5)51-77-81(70,71)75-47-56(63)46-74-80(68,69)76-50-57(78-61(66)44-36-28-20-18-24-32-40-54(6)7)48-72-59(64)42-34-26-16-12-10-14-22-30-38-52(2)3/h52-58,63H,9-51H2,1-8H3,(H,68,69)(H,70,71)/t55?,56?,57-,58-/m1/s1. The Morgan fingerprint density at radius 1 is 0.346 bits per heavy atom. The van der Waals surface area contributed by atoms with E-state index in [-0.39, 0.29) is 25.7 Å². The first-order chi connectivity index (χ1) is 38.6. The lowest BCUT2D eigenvalue weighted by Gasteiger charge is -2.21. The summed E-state index contributed by atoms with van der Waals surface area (Å²) in [6, 6.07) is 0. The van der Waals surface area contributed by atoms with Crippen LogP contribution in [0.1, 0.15) is 293 Å². The number of aliphatic hydroxyl groups excluding tert-OH is 1. The third-order valence-corrected chi connectivity index (χ3v) is 16.3. The number of hydrogen-bond acceptors (Lipinski definition) is 15. The van der Waals surface area contributed by atoms with Gasteiger partial charge < -0.3 is 33.8 Å². The number of phosphoric ester groups is 2. The molecule has 17 nitrogen and oxygen atoms in total. The monoisotopic (exact) mass is 1200 g/mol. The van der Waals surface area contributed by atoms with Crippen molar-refractivity contribution in [1.29, 1.82) is 0 Å². The van der Waals surface area contributed by atoms with Crippen molar-refractivity contribution in [2.75, 3.05) is 39.6 Å². The predicted molar refractivity (Wildman–Crippen MR) is 321 cm³/mol. The van der Waals surface area contributed by atoms with Crippen LogP contribution >= 0.6 is 15.6 Å². The van der Waals surface area contributed by atoms with Crippen molar-refractivity contribution in [2.45, 2.75) is 311 Å². The van der Waals surface area contributed by atoms with E-state index < -0.39 is 97.5 Å². The molecule has 0 heterocycles. The molecule has 0 saturated carbocycles. The van der Waals surface area contributed by atoms with Crippen LogP contribution < -0.4 is 0 Å². The van der Waals surface area contributed by atoms with E-state index in [0.29, 0.717) is 31.6 Å². The molecule has 3 N–H and O–H groups in total. The van der Waals surface area contributed by atoms with Crippen molar-refractivity contribution in [2.24, 2.45) is 23.7 Å². The Morgan fingerprint density at radius 3 is 0.877 bits per heavy atom. The van der Waals surface area contributed by atoms with Gasteiger partial charge in [0.2, 0.25) is 0 Å². The molecule has 480 valence electrons. The van der Waals surface area contributed by atoms with Crippen molar-refractivity contribution in [3.63, 3.8) is 0 Å². The minimum atomic E-state index is -4.94. The molecule has 0 bridgehead atoms. The second-order valence-electron chi connectivity index (χ2n) is 24.1. The second kappa shape index (κ2) is 52.4. The van der Waals surface area contributed by atoms with Gasteiger partial charge in [0.25, 0.3) is 0 Å². The van der Waals surface area contributed by atoms with Crippen LogP contribution in [-0.4, -0.2) is 96.7 Å². The van der Waals surface area contributed by atoms with E-state index in [1.165, 1.54) is 96.3 Å². The van der Waals surface area contributed by atoms with E-state index in [1.807, 2.05) is 0 Å². The van der Waals surface area contributed by atoms with Crippen molar-refractivity contribution in [3.8, 4) is 0 Å². The summed E-state index contributed by atoms with van der Waals surface area (Å²) >= 11 is 0. The van der Waals surface area contributed by atoms with Gasteiger partial charge in [-0.15, -0.1) is 0 Å². The van der Waals surface area contributed by atoms with E-state index in [4.69, 9.17) is 37.0 Å². The van der Waals surface area contributed by atoms with Gasteiger partial charge in [-0.2, -0.15) is 0 Å². The summed E-state index contributed by atoms with van der Waals surface area (Å²) in [5, 5.41) is 10.5. The number of phosphoric acid groups is 2. The number of carbonyl (C=O) groups excluding carboxylic acids is 4. The Labute approximate surface area is 492 Å². The average Bonchev–Trinajstić information content (AvgIpc) is 3.41. The van der Waals surface area contributed by atoms with Crippen LogP contribution in [0.3, 0.4) is 0 Å². The molecular weight excluding hydrogens is 1080 g/mol. The van der Waals surface area contributed by atoms with Crippen molar-refractivity contribution >= 4 is 39.5 Å². The zero-order valence-electron chi connectivity index (χ0n) is 52.4. The molecule has 19 heteroatoms. The average molecular weight is 1200 g/mol. The minimum Gasteiger partial charge on any atom is -0.462 e. The van der Waals surface area contributed by atoms with Crippen LogP contribution in [0.2, 0.25) is 0 Å². The lowest BCUT2D eigenvalue weighted by molar-refractivity contribution is -0.161.